The monoisotopic (exact) mass is 294 g/mol. The molecule has 1 aromatic heterocycles. The first-order valence-corrected chi connectivity index (χ1v) is 5.96. The number of amides is 1. The summed E-state index contributed by atoms with van der Waals surface area (Å²) in [5, 5.41) is 2.83. The molecule has 0 aliphatic heterocycles. The highest BCUT2D eigenvalue weighted by Gasteiger charge is 2.06. The van der Waals surface area contributed by atoms with Gasteiger partial charge in [0.05, 0.1) is 11.4 Å². The third-order valence-corrected chi connectivity index (χ3v) is 2.93. The number of halogens is 1. The predicted octanol–water partition coefficient (Wildman–Crippen LogP) is 3.01. The van der Waals surface area contributed by atoms with Crippen LogP contribution < -0.4 is 5.32 Å². The van der Waals surface area contributed by atoms with Crippen LogP contribution in [0.4, 0.5) is 5.69 Å². The molecule has 0 saturated heterocycles. The second-order valence-electron chi connectivity index (χ2n) is 3.51. The number of para-hydroxylation sites is 1. The fraction of sp³-hybridized carbons (Fsp3) is 0.167. The van der Waals surface area contributed by atoms with E-state index >= 15 is 0 Å². The molecule has 0 saturated carbocycles. The van der Waals surface area contributed by atoms with Crippen LogP contribution in [0.2, 0.25) is 0 Å². The zero-order valence-electron chi connectivity index (χ0n) is 9.02. The molecule has 2 aromatic rings. The van der Waals surface area contributed by atoms with Crippen molar-refractivity contribution in [3.05, 3.63) is 47.1 Å². The van der Waals surface area contributed by atoms with Gasteiger partial charge >= 0.3 is 0 Å². The Hall–Kier alpha value is -1.62. The first-order valence-electron chi connectivity index (χ1n) is 5.17. The van der Waals surface area contributed by atoms with E-state index in [0.717, 1.165) is 15.9 Å². The number of carbonyl (C=O) groups is 1. The lowest BCUT2D eigenvalue weighted by molar-refractivity contribution is -0.116. The summed E-state index contributed by atoms with van der Waals surface area (Å²) in [6.07, 6.45) is 3.87. The number of aromatic nitrogens is 1. The number of hydrogen-bond acceptors (Lipinski definition) is 3. The van der Waals surface area contributed by atoms with Crippen LogP contribution in [0, 0.1) is 0 Å². The fourth-order valence-corrected chi connectivity index (χ4v) is 1.76. The Morgan fingerprint density at radius 1 is 1.41 bits per heavy atom. The zero-order valence-corrected chi connectivity index (χ0v) is 10.6. The number of aryl methyl sites for hydroxylation is 1. The molecule has 0 unspecified atom stereocenters. The van der Waals surface area contributed by atoms with Gasteiger partial charge in [0.25, 0.3) is 0 Å². The van der Waals surface area contributed by atoms with Crippen molar-refractivity contribution in [2.24, 2.45) is 0 Å². The van der Waals surface area contributed by atoms with Crippen molar-refractivity contribution in [3.63, 3.8) is 0 Å². The smallest absolute Gasteiger partial charge is 0.224 e. The van der Waals surface area contributed by atoms with Crippen LogP contribution in [-0.2, 0) is 11.2 Å². The van der Waals surface area contributed by atoms with Gasteiger partial charge in [-0.3, -0.25) is 4.79 Å². The first kappa shape index (κ1) is 11.9. The molecule has 0 fully saturated rings. The Labute approximate surface area is 107 Å². The fourth-order valence-electron chi connectivity index (χ4n) is 1.38. The number of benzene rings is 1. The van der Waals surface area contributed by atoms with Gasteiger partial charge in [-0.1, -0.05) is 12.1 Å². The highest BCUT2D eigenvalue weighted by atomic mass is 79.9. The van der Waals surface area contributed by atoms with Crippen molar-refractivity contribution < 1.29 is 9.21 Å². The molecule has 1 amide bonds. The van der Waals surface area contributed by atoms with Gasteiger partial charge in [-0.2, -0.15) is 0 Å². The van der Waals surface area contributed by atoms with E-state index in [1.54, 1.807) is 6.26 Å². The van der Waals surface area contributed by atoms with E-state index in [-0.39, 0.29) is 5.91 Å². The Balaban J connectivity index is 1.87. The van der Waals surface area contributed by atoms with Gasteiger partial charge in [0.15, 0.2) is 6.39 Å². The molecule has 0 aliphatic carbocycles. The van der Waals surface area contributed by atoms with Gasteiger partial charge < -0.3 is 9.73 Å². The Morgan fingerprint density at radius 3 is 2.94 bits per heavy atom. The van der Waals surface area contributed by atoms with Crippen molar-refractivity contribution in [2.45, 2.75) is 12.8 Å². The van der Waals surface area contributed by atoms with Gasteiger partial charge in [0.1, 0.15) is 6.26 Å². The van der Waals surface area contributed by atoms with Crippen molar-refractivity contribution in [1.82, 2.24) is 4.98 Å². The molecule has 1 heterocycles. The van der Waals surface area contributed by atoms with Gasteiger partial charge in [0.2, 0.25) is 5.91 Å². The molecule has 1 N–H and O–H groups in total. The van der Waals surface area contributed by atoms with Crippen molar-refractivity contribution >= 4 is 27.5 Å². The van der Waals surface area contributed by atoms with E-state index in [9.17, 15) is 4.79 Å². The van der Waals surface area contributed by atoms with E-state index < -0.39 is 0 Å². The summed E-state index contributed by atoms with van der Waals surface area (Å²) in [6, 6.07) is 7.50. The SMILES string of the molecule is O=C(CCc1cocn1)Nc1ccccc1Br. The number of carbonyl (C=O) groups excluding carboxylic acids is 1. The lowest BCUT2D eigenvalue weighted by atomic mass is 10.2. The Morgan fingerprint density at radius 2 is 2.24 bits per heavy atom. The molecule has 0 spiro atoms. The van der Waals surface area contributed by atoms with E-state index in [1.165, 1.54) is 6.39 Å². The lowest BCUT2D eigenvalue weighted by Gasteiger charge is -2.06. The van der Waals surface area contributed by atoms with E-state index in [1.807, 2.05) is 24.3 Å². The standard InChI is InChI=1S/C12H11BrN2O2/c13-10-3-1-2-4-11(10)15-12(16)6-5-9-7-17-8-14-9/h1-4,7-8H,5-6H2,(H,15,16). The van der Waals surface area contributed by atoms with E-state index in [4.69, 9.17) is 4.42 Å². The largest absolute Gasteiger partial charge is 0.451 e. The van der Waals surface area contributed by atoms with Crippen LogP contribution in [0.1, 0.15) is 12.1 Å². The van der Waals surface area contributed by atoms with E-state index in [2.05, 4.69) is 26.2 Å². The number of hydrogen-bond donors (Lipinski definition) is 1. The average Bonchev–Trinajstić information content (AvgIpc) is 2.82. The molecule has 4 nitrogen and oxygen atoms in total. The molecule has 0 radical (unpaired) electrons. The second kappa shape index (κ2) is 5.63. The molecule has 2 rings (SSSR count). The summed E-state index contributed by atoms with van der Waals surface area (Å²) in [4.78, 5) is 15.6. The van der Waals surface area contributed by atoms with Gasteiger partial charge in [-0.25, -0.2) is 4.98 Å². The summed E-state index contributed by atoms with van der Waals surface area (Å²) < 4.78 is 5.70. The lowest BCUT2D eigenvalue weighted by Crippen LogP contribution is -2.12. The third kappa shape index (κ3) is 3.42. The van der Waals surface area contributed by atoms with Crippen molar-refractivity contribution in [1.29, 1.82) is 0 Å². The highest BCUT2D eigenvalue weighted by molar-refractivity contribution is 9.10. The van der Waals surface area contributed by atoms with Crippen molar-refractivity contribution in [2.75, 3.05) is 5.32 Å². The van der Waals surface area contributed by atoms with Gasteiger partial charge in [0, 0.05) is 17.3 Å². The number of nitrogens with one attached hydrogen (secondary N) is 1. The minimum atomic E-state index is -0.0418. The average molecular weight is 295 g/mol. The topological polar surface area (TPSA) is 55.1 Å². The van der Waals surface area contributed by atoms with Crippen LogP contribution in [0.5, 0.6) is 0 Å². The predicted molar refractivity (Wildman–Crippen MR) is 67.6 cm³/mol. The quantitative estimate of drug-likeness (QED) is 0.943. The minimum Gasteiger partial charge on any atom is -0.451 e. The highest BCUT2D eigenvalue weighted by Crippen LogP contribution is 2.21. The molecule has 0 aliphatic rings. The van der Waals surface area contributed by atoms with E-state index in [0.29, 0.717) is 12.8 Å². The summed E-state index contributed by atoms with van der Waals surface area (Å²) in [5.41, 5.74) is 1.56. The maximum absolute atomic E-state index is 11.7. The molecule has 5 heteroatoms. The van der Waals surface area contributed by atoms with Crippen LogP contribution >= 0.6 is 15.9 Å². The Kier molecular flexibility index (Phi) is 3.93. The number of oxazole rings is 1. The second-order valence-corrected chi connectivity index (χ2v) is 4.36. The van der Waals surface area contributed by atoms with Gasteiger partial charge in [-0.05, 0) is 28.1 Å². The number of anilines is 1. The maximum atomic E-state index is 11.7. The summed E-state index contributed by atoms with van der Waals surface area (Å²) in [7, 11) is 0. The van der Waals surface area contributed by atoms with Crippen LogP contribution in [0.3, 0.4) is 0 Å². The molecular formula is C12H11BrN2O2. The summed E-state index contributed by atoms with van der Waals surface area (Å²) >= 11 is 3.37. The summed E-state index contributed by atoms with van der Waals surface area (Å²) in [5.74, 6) is -0.0418. The molecule has 0 atom stereocenters. The van der Waals surface area contributed by atoms with Crippen molar-refractivity contribution in [3.8, 4) is 0 Å². The van der Waals surface area contributed by atoms with Crippen LogP contribution in [0.15, 0.2) is 45.8 Å². The van der Waals surface area contributed by atoms with Crippen LogP contribution in [0.25, 0.3) is 0 Å². The molecule has 1 aromatic carbocycles. The Bertz CT molecular complexity index is 497. The zero-order chi connectivity index (χ0) is 12.1. The molecule has 0 bridgehead atoms. The molecule has 17 heavy (non-hydrogen) atoms. The number of rotatable bonds is 4. The first-order chi connectivity index (χ1) is 8.25. The molecular weight excluding hydrogens is 284 g/mol. The normalized spacial score (nSPS) is 10.2. The third-order valence-electron chi connectivity index (χ3n) is 2.24. The van der Waals surface area contributed by atoms with Crippen LogP contribution in [-0.4, -0.2) is 10.9 Å². The summed E-state index contributed by atoms with van der Waals surface area (Å²) in [6.45, 7) is 0. The maximum Gasteiger partial charge on any atom is 0.224 e. The minimum absolute atomic E-state index is 0.0418. The van der Waals surface area contributed by atoms with Gasteiger partial charge in [-0.15, -0.1) is 0 Å². The number of nitrogens with zero attached hydrogens (tertiary/aromatic N) is 1. The molecule has 88 valence electrons.